The van der Waals surface area contributed by atoms with Crippen LogP contribution in [0.5, 0.6) is 5.75 Å². The van der Waals surface area contributed by atoms with Gasteiger partial charge < -0.3 is 10.1 Å². The maximum absolute atomic E-state index is 14.0. The topological polar surface area (TPSA) is 76.1 Å². The van der Waals surface area contributed by atoms with Crippen LogP contribution in [0.15, 0.2) is 119 Å². The van der Waals surface area contributed by atoms with Crippen LogP contribution in [0.25, 0.3) is 5.69 Å². The molecule has 0 saturated heterocycles. The Hall–Kier alpha value is -4.62. The number of rotatable bonds is 6. The molecule has 5 aromatic rings. The normalized spacial score (nSPS) is 18.1. The molecule has 6 nitrogen and oxygen atoms in total. The van der Waals surface area contributed by atoms with E-state index in [0.717, 1.165) is 22.5 Å². The number of ether oxygens (including phenoxy) is 1. The lowest BCUT2D eigenvalue weighted by Gasteiger charge is -2.34. The van der Waals surface area contributed by atoms with Crippen LogP contribution in [0.4, 0.5) is 5.82 Å². The van der Waals surface area contributed by atoms with Crippen LogP contribution in [0.2, 0.25) is 0 Å². The first-order chi connectivity index (χ1) is 19.7. The number of ketones is 1. The van der Waals surface area contributed by atoms with Gasteiger partial charge in [0.05, 0.1) is 11.3 Å². The number of fused-ring (bicyclic) bond motifs is 1. The number of Topliss-reactive ketones (excluding diaryl/α,β-unsaturated/α-hetero) is 1. The van der Waals surface area contributed by atoms with Crippen molar-refractivity contribution in [3.63, 3.8) is 0 Å². The van der Waals surface area contributed by atoms with E-state index >= 15 is 0 Å². The Bertz CT molecular complexity index is 1770. The van der Waals surface area contributed by atoms with Crippen molar-refractivity contribution in [1.29, 1.82) is 0 Å². The zero-order valence-electron chi connectivity index (χ0n) is 21.7. The maximum Gasteiger partial charge on any atom is 0.277 e. The van der Waals surface area contributed by atoms with Crippen LogP contribution in [0.1, 0.15) is 46.2 Å². The fraction of sp³-hybridized carbons (Fsp3) is 0.152. The molecule has 2 N–H and O–H groups in total. The maximum atomic E-state index is 14.0. The second-order valence-electron chi connectivity index (χ2n) is 10.2. The number of allylic oxidation sites excluding steroid dienone is 2. The predicted molar refractivity (Wildman–Crippen MR) is 157 cm³/mol. The van der Waals surface area contributed by atoms with E-state index in [9.17, 15) is 9.59 Å². The van der Waals surface area contributed by atoms with Gasteiger partial charge in [-0.25, -0.2) is 4.68 Å². The van der Waals surface area contributed by atoms with Crippen LogP contribution in [-0.2, 0) is 11.4 Å². The molecule has 1 aliphatic carbocycles. The van der Waals surface area contributed by atoms with Gasteiger partial charge in [-0.2, -0.15) is 0 Å². The van der Waals surface area contributed by atoms with Crippen molar-refractivity contribution in [2.75, 3.05) is 5.32 Å². The van der Waals surface area contributed by atoms with Crippen molar-refractivity contribution < 1.29 is 9.53 Å². The van der Waals surface area contributed by atoms with Crippen LogP contribution in [0.3, 0.4) is 0 Å². The lowest BCUT2D eigenvalue weighted by Crippen LogP contribution is -2.31. The Morgan fingerprint density at radius 3 is 2.45 bits per heavy atom. The zero-order chi connectivity index (χ0) is 27.1. The van der Waals surface area contributed by atoms with Gasteiger partial charge in [0.1, 0.15) is 18.2 Å². The average molecular weight is 546 g/mol. The highest BCUT2D eigenvalue weighted by molar-refractivity contribution is 7.10. The van der Waals surface area contributed by atoms with Crippen molar-refractivity contribution in [2.24, 2.45) is 0 Å². The third-order valence-electron chi connectivity index (χ3n) is 7.69. The molecule has 2 atom stereocenters. The highest BCUT2D eigenvalue weighted by Crippen LogP contribution is 2.47. The number of H-pyrrole nitrogens is 1. The second kappa shape index (κ2) is 10.2. The van der Waals surface area contributed by atoms with Gasteiger partial charge in [0.2, 0.25) is 0 Å². The number of thiophene rings is 1. The fourth-order valence-electron chi connectivity index (χ4n) is 5.83. The number of nitrogens with zero attached hydrogens (tertiary/aromatic N) is 1. The molecular formula is C33H27N3O3S. The number of aromatic nitrogens is 2. The summed E-state index contributed by atoms with van der Waals surface area (Å²) in [5.41, 5.74) is 4.60. The molecule has 0 radical (unpaired) electrons. The Kier molecular flexibility index (Phi) is 6.21. The molecule has 7 heteroatoms. The smallest absolute Gasteiger partial charge is 0.277 e. The summed E-state index contributed by atoms with van der Waals surface area (Å²) >= 11 is 1.68. The summed E-state index contributed by atoms with van der Waals surface area (Å²) in [5.74, 6) is 1.02. The summed E-state index contributed by atoms with van der Waals surface area (Å²) in [5, 5.41) is 8.82. The molecule has 40 heavy (non-hydrogen) atoms. The van der Waals surface area contributed by atoms with Gasteiger partial charge in [-0.1, -0.05) is 66.7 Å². The quantitative estimate of drug-likeness (QED) is 0.247. The Morgan fingerprint density at radius 2 is 1.68 bits per heavy atom. The highest BCUT2D eigenvalue weighted by atomic mass is 32.1. The molecule has 2 aliphatic rings. The third kappa shape index (κ3) is 4.38. The monoisotopic (exact) mass is 545 g/mol. The van der Waals surface area contributed by atoms with Crippen molar-refractivity contribution in [3.05, 3.63) is 146 Å². The minimum Gasteiger partial charge on any atom is -0.489 e. The number of hydrogen-bond acceptors (Lipinski definition) is 5. The predicted octanol–water partition coefficient (Wildman–Crippen LogP) is 6.76. The number of hydrogen-bond donors (Lipinski definition) is 2. The molecule has 0 spiro atoms. The van der Waals surface area contributed by atoms with E-state index in [0.29, 0.717) is 42.2 Å². The van der Waals surface area contributed by atoms with E-state index in [2.05, 4.69) is 21.9 Å². The van der Waals surface area contributed by atoms with Crippen molar-refractivity contribution >= 4 is 22.9 Å². The van der Waals surface area contributed by atoms with E-state index in [1.165, 1.54) is 4.88 Å². The first kappa shape index (κ1) is 24.4. The molecule has 3 aromatic carbocycles. The van der Waals surface area contributed by atoms with Crippen molar-refractivity contribution in [3.8, 4) is 11.4 Å². The van der Waals surface area contributed by atoms with E-state index in [1.807, 2.05) is 91.0 Å². The lowest BCUT2D eigenvalue weighted by atomic mass is 9.74. The summed E-state index contributed by atoms with van der Waals surface area (Å²) in [4.78, 5) is 29.0. The van der Waals surface area contributed by atoms with Gasteiger partial charge in [0, 0.05) is 34.4 Å². The Labute approximate surface area is 235 Å². The SMILES string of the molecule is O=C1C[C@H](c2cccs2)CC2=C1[C@@H](c1cccc(OCc3ccccc3)c1)c1c([nH]n(-c3ccccc3)c1=O)N2. The van der Waals surface area contributed by atoms with E-state index in [-0.39, 0.29) is 17.3 Å². The van der Waals surface area contributed by atoms with Gasteiger partial charge in [0.15, 0.2) is 5.78 Å². The van der Waals surface area contributed by atoms with Crippen molar-refractivity contribution in [1.82, 2.24) is 9.78 Å². The van der Waals surface area contributed by atoms with Crippen LogP contribution >= 0.6 is 11.3 Å². The molecule has 7 rings (SSSR count). The molecule has 198 valence electrons. The summed E-state index contributed by atoms with van der Waals surface area (Å²) in [7, 11) is 0. The fourth-order valence-corrected chi connectivity index (χ4v) is 6.66. The van der Waals surface area contributed by atoms with E-state index in [1.54, 1.807) is 16.0 Å². The average Bonchev–Trinajstić information content (AvgIpc) is 3.65. The largest absolute Gasteiger partial charge is 0.489 e. The molecule has 0 amide bonds. The number of anilines is 1. The summed E-state index contributed by atoms with van der Waals surface area (Å²) < 4.78 is 7.69. The van der Waals surface area contributed by atoms with E-state index < -0.39 is 5.92 Å². The molecule has 0 fully saturated rings. The van der Waals surface area contributed by atoms with Gasteiger partial charge >= 0.3 is 0 Å². The lowest BCUT2D eigenvalue weighted by molar-refractivity contribution is -0.116. The molecule has 0 bridgehead atoms. The van der Waals surface area contributed by atoms with Crippen LogP contribution in [0, 0.1) is 0 Å². The molecule has 0 saturated carbocycles. The summed E-state index contributed by atoms with van der Waals surface area (Å²) in [6.45, 7) is 0.433. The van der Waals surface area contributed by atoms with Gasteiger partial charge in [-0.15, -0.1) is 11.3 Å². The summed E-state index contributed by atoms with van der Waals surface area (Å²) in [6, 6.07) is 31.4. The molecule has 1 aliphatic heterocycles. The van der Waals surface area contributed by atoms with Crippen LogP contribution < -0.4 is 15.6 Å². The molecular weight excluding hydrogens is 518 g/mol. The number of para-hydroxylation sites is 1. The summed E-state index contributed by atoms with van der Waals surface area (Å²) in [6.07, 6.45) is 1.13. The number of nitrogens with one attached hydrogen (secondary N) is 2. The van der Waals surface area contributed by atoms with E-state index in [4.69, 9.17) is 4.74 Å². The molecule has 0 unspecified atom stereocenters. The van der Waals surface area contributed by atoms with Gasteiger partial charge in [-0.3, -0.25) is 14.7 Å². The second-order valence-corrected chi connectivity index (χ2v) is 11.2. The third-order valence-corrected chi connectivity index (χ3v) is 8.72. The Balaban J connectivity index is 1.32. The first-order valence-corrected chi connectivity index (χ1v) is 14.3. The highest BCUT2D eigenvalue weighted by Gasteiger charge is 2.41. The zero-order valence-corrected chi connectivity index (χ0v) is 22.5. The number of carbonyl (C=O) groups excluding carboxylic acids is 1. The minimum atomic E-state index is -0.503. The standard InChI is InChI=1S/C33H27N3O3S/c37-27-19-23(28-15-8-16-40-28)18-26-30(27)29(22-11-7-14-25(17-22)39-20-21-9-3-1-4-10-21)31-32(34-26)35-36(33(31)38)24-12-5-2-6-13-24/h1-17,23,29,34-35H,18-20H2/t23-,29-/m1/s1. The Morgan fingerprint density at radius 1 is 0.875 bits per heavy atom. The van der Waals surface area contributed by atoms with Crippen molar-refractivity contribution in [2.45, 2.75) is 31.3 Å². The molecule has 2 aromatic heterocycles. The number of benzene rings is 3. The number of aromatic amines is 1. The minimum absolute atomic E-state index is 0.0743. The number of carbonyl (C=O) groups is 1. The molecule has 3 heterocycles. The first-order valence-electron chi connectivity index (χ1n) is 13.4. The van der Waals surface area contributed by atoms with Crippen LogP contribution in [-0.4, -0.2) is 15.6 Å². The van der Waals surface area contributed by atoms with Gasteiger partial charge in [0.25, 0.3) is 5.56 Å². The van der Waals surface area contributed by atoms with Gasteiger partial charge in [-0.05, 0) is 53.3 Å².